The van der Waals surface area contributed by atoms with Gasteiger partial charge < -0.3 is 10.0 Å². The maximum absolute atomic E-state index is 13.8. The summed E-state index contributed by atoms with van der Waals surface area (Å²) >= 11 is 7.33. The van der Waals surface area contributed by atoms with E-state index in [4.69, 9.17) is 11.6 Å². The van der Waals surface area contributed by atoms with Crippen LogP contribution in [-0.2, 0) is 11.0 Å². The van der Waals surface area contributed by atoms with Crippen molar-refractivity contribution in [3.63, 3.8) is 0 Å². The Morgan fingerprint density at radius 3 is 2.18 bits per heavy atom. The van der Waals surface area contributed by atoms with Crippen molar-refractivity contribution >= 4 is 40.1 Å². The van der Waals surface area contributed by atoms with Gasteiger partial charge in [-0.2, -0.15) is 14.0 Å². The number of nitriles is 1. The third-order valence-electron chi connectivity index (χ3n) is 7.23. The van der Waals surface area contributed by atoms with E-state index in [9.17, 15) is 23.9 Å². The molecular formula is C26H26ClF2IN2O2. The number of carbonyl (C=O) groups is 1. The van der Waals surface area contributed by atoms with Crippen molar-refractivity contribution in [1.82, 2.24) is 4.90 Å². The van der Waals surface area contributed by atoms with Crippen LogP contribution in [0, 0.1) is 11.3 Å². The van der Waals surface area contributed by atoms with Gasteiger partial charge in [-0.15, -0.1) is 0 Å². The van der Waals surface area contributed by atoms with Crippen LogP contribution in [0.5, 0.6) is 0 Å². The first-order chi connectivity index (χ1) is 16.0. The van der Waals surface area contributed by atoms with E-state index in [1.54, 1.807) is 6.07 Å². The van der Waals surface area contributed by atoms with Crippen molar-refractivity contribution in [2.45, 2.75) is 72.5 Å². The number of hydrogen-bond acceptors (Lipinski definition) is 3. The summed E-state index contributed by atoms with van der Waals surface area (Å²) in [6.45, 7) is 1.06. The molecule has 180 valence electrons. The number of nitrogens with zero attached hydrogens (tertiary/aromatic N) is 2. The highest BCUT2D eigenvalue weighted by Gasteiger charge is 2.48. The fourth-order valence-corrected chi connectivity index (χ4v) is 5.52. The standard InChI is InChI=1S/C26H26ClF2IN2O2/c1-24(34,26(28,29)30)18-8-6-17(7-9-18)23(33)32(19-10-11-19)20-12-14-25(16-31,15-13-20)21-4-2-3-5-22(21)27/h2-9,19-20,34H,10-15H2,1H3/t20?,24-,25?/m0/s1. The normalized spacial score (nSPS) is 24.7. The quantitative estimate of drug-likeness (QED) is 0.302. The van der Waals surface area contributed by atoms with Crippen LogP contribution in [0.2, 0.25) is 5.02 Å². The third kappa shape index (κ3) is 4.69. The zero-order chi connectivity index (χ0) is 24.7. The monoisotopic (exact) mass is 598 g/mol. The first kappa shape index (κ1) is 25.3. The van der Waals surface area contributed by atoms with Crippen LogP contribution in [0.4, 0.5) is 8.78 Å². The number of halogens is 4. The van der Waals surface area contributed by atoms with Crippen LogP contribution in [-0.4, -0.2) is 31.9 Å². The van der Waals surface area contributed by atoms with Gasteiger partial charge in [0.15, 0.2) is 5.60 Å². The third-order valence-corrected chi connectivity index (χ3v) is 8.61. The number of aliphatic hydroxyl groups is 1. The molecule has 2 aromatic rings. The van der Waals surface area contributed by atoms with Gasteiger partial charge in [-0.05, 0) is 74.8 Å². The van der Waals surface area contributed by atoms with E-state index in [1.807, 2.05) is 23.1 Å². The molecule has 0 spiro atoms. The van der Waals surface area contributed by atoms with Crippen molar-refractivity contribution in [1.29, 1.82) is 5.26 Å². The highest BCUT2D eigenvalue weighted by Crippen LogP contribution is 2.45. The molecule has 2 aliphatic rings. The van der Waals surface area contributed by atoms with Crippen molar-refractivity contribution in [3.05, 3.63) is 70.2 Å². The molecule has 4 nitrogen and oxygen atoms in total. The molecule has 2 aliphatic carbocycles. The molecular weight excluding hydrogens is 573 g/mol. The molecule has 0 radical (unpaired) electrons. The first-order valence-electron chi connectivity index (χ1n) is 11.4. The molecule has 0 heterocycles. The minimum absolute atomic E-state index is 0.00502. The molecule has 2 fully saturated rings. The van der Waals surface area contributed by atoms with E-state index in [0.717, 1.165) is 47.9 Å². The van der Waals surface area contributed by atoms with Gasteiger partial charge in [0.25, 0.3) is 5.91 Å². The highest BCUT2D eigenvalue weighted by molar-refractivity contribution is 14.1. The Hall–Kier alpha value is -1.76. The number of benzene rings is 2. The summed E-state index contributed by atoms with van der Waals surface area (Å²) in [6.07, 6.45) is 4.47. The Balaban J connectivity index is 1.52. The highest BCUT2D eigenvalue weighted by atomic mass is 127. The smallest absolute Gasteiger partial charge is 0.328 e. The summed E-state index contributed by atoms with van der Waals surface area (Å²) in [4.78, 5) is 15.4. The predicted octanol–water partition coefficient (Wildman–Crippen LogP) is 6.58. The zero-order valence-electron chi connectivity index (χ0n) is 18.8. The molecule has 0 aliphatic heterocycles. The second-order valence-corrected chi connectivity index (χ2v) is 11.3. The summed E-state index contributed by atoms with van der Waals surface area (Å²) in [5.74, 6) is -0.137. The molecule has 34 heavy (non-hydrogen) atoms. The van der Waals surface area contributed by atoms with Crippen LogP contribution in [0.1, 0.15) is 66.9 Å². The molecule has 0 unspecified atom stereocenters. The van der Waals surface area contributed by atoms with Crippen molar-refractivity contribution in [3.8, 4) is 6.07 Å². The van der Waals surface area contributed by atoms with Gasteiger partial charge in [-0.3, -0.25) is 4.79 Å². The molecule has 2 saturated carbocycles. The predicted molar refractivity (Wildman–Crippen MR) is 135 cm³/mol. The van der Waals surface area contributed by atoms with E-state index in [-0.39, 0.29) is 23.6 Å². The van der Waals surface area contributed by atoms with Crippen LogP contribution < -0.4 is 0 Å². The van der Waals surface area contributed by atoms with E-state index in [0.29, 0.717) is 36.3 Å². The van der Waals surface area contributed by atoms with Gasteiger partial charge >= 0.3 is 3.93 Å². The second-order valence-electron chi connectivity index (χ2n) is 9.50. The van der Waals surface area contributed by atoms with Gasteiger partial charge in [0.1, 0.15) is 0 Å². The maximum Gasteiger partial charge on any atom is 0.328 e. The lowest BCUT2D eigenvalue weighted by Crippen LogP contribution is -2.46. The molecule has 0 bridgehead atoms. The number of hydrogen-bond donors (Lipinski definition) is 1. The van der Waals surface area contributed by atoms with E-state index < -0.39 is 14.9 Å². The largest absolute Gasteiger partial charge is 0.378 e. The van der Waals surface area contributed by atoms with Crippen LogP contribution in [0.15, 0.2) is 48.5 Å². The lowest BCUT2D eigenvalue weighted by molar-refractivity contribution is -0.101. The molecule has 1 N–H and O–H groups in total. The second kappa shape index (κ2) is 9.36. The number of alkyl halides is 3. The molecule has 1 atom stereocenters. The van der Waals surface area contributed by atoms with Gasteiger partial charge in [0, 0.05) is 45.3 Å². The van der Waals surface area contributed by atoms with Gasteiger partial charge in [0.05, 0.1) is 11.5 Å². The molecule has 0 aromatic heterocycles. The Labute approximate surface area is 217 Å². The van der Waals surface area contributed by atoms with E-state index in [1.165, 1.54) is 24.3 Å². The zero-order valence-corrected chi connectivity index (χ0v) is 21.7. The van der Waals surface area contributed by atoms with Crippen molar-refractivity contribution in [2.75, 3.05) is 0 Å². The molecule has 4 rings (SSSR count). The first-order valence-corrected chi connectivity index (χ1v) is 12.8. The lowest BCUT2D eigenvalue weighted by Gasteiger charge is -2.41. The summed E-state index contributed by atoms with van der Waals surface area (Å²) in [6, 6.07) is 15.9. The fraction of sp³-hybridized carbons (Fsp3) is 0.462. The average Bonchev–Trinajstić information content (AvgIpc) is 3.64. The van der Waals surface area contributed by atoms with Gasteiger partial charge in [-0.1, -0.05) is 41.9 Å². The van der Waals surface area contributed by atoms with Crippen molar-refractivity contribution in [2.24, 2.45) is 0 Å². The maximum atomic E-state index is 13.8. The summed E-state index contributed by atoms with van der Waals surface area (Å²) in [5.41, 5.74) is -1.69. The number of amides is 1. The summed E-state index contributed by atoms with van der Waals surface area (Å²) in [7, 11) is 0. The van der Waals surface area contributed by atoms with E-state index in [2.05, 4.69) is 6.07 Å². The number of carbonyl (C=O) groups excluding carboxylic acids is 1. The fourth-order valence-electron chi connectivity index (χ4n) is 4.90. The average molecular weight is 599 g/mol. The summed E-state index contributed by atoms with van der Waals surface area (Å²) < 4.78 is 24.2. The molecule has 8 heteroatoms. The Kier molecular flexibility index (Phi) is 6.98. The Morgan fingerprint density at radius 1 is 1.12 bits per heavy atom. The topological polar surface area (TPSA) is 64.3 Å². The Morgan fingerprint density at radius 2 is 1.68 bits per heavy atom. The minimum atomic E-state index is -3.35. The SMILES string of the molecule is C[C@](O)(c1ccc(C(=O)N(C2CC2)C2CCC(C#N)(c3ccccc3Cl)CC2)cc1)C(F)(F)I. The molecule has 0 saturated heterocycles. The molecule has 1 amide bonds. The minimum Gasteiger partial charge on any atom is -0.378 e. The lowest BCUT2D eigenvalue weighted by atomic mass is 9.69. The van der Waals surface area contributed by atoms with Crippen LogP contribution in [0.3, 0.4) is 0 Å². The van der Waals surface area contributed by atoms with E-state index >= 15 is 0 Å². The van der Waals surface area contributed by atoms with Crippen molar-refractivity contribution < 1.29 is 18.7 Å². The van der Waals surface area contributed by atoms with Gasteiger partial charge in [-0.25, -0.2) is 0 Å². The van der Waals surface area contributed by atoms with Crippen LogP contribution >= 0.6 is 34.2 Å². The number of rotatable bonds is 6. The van der Waals surface area contributed by atoms with Crippen LogP contribution in [0.25, 0.3) is 0 Å². The molecule has 2 aromatic carbocycles. The van der Waals surface area contributed by atoms with Gasteiger partial charge in [0.2, 0.25) is 0 Å². The summed E-state index contributed by atoms with van der Waals surface area (Å²) in [5, 5.41) is 20.9. The Bertz CT molecular complexity index is 1100.